The van der Waals surface area contributed by atoms with E-state index < -0.39 is 5.41 Å². The van der Waals surface area contributed by atoms with E-state index in [1.807, 2.05) is 0 Å². The maximum atomic E-state index is 6.67. The number of fused-ring (bicyclic) bond motifs is 6. The molecule has 0 fully saturated rings. The highest BCUT2D eigenvalue weighted by Gasteiger charge is 2.45. The van der Waals surface area contributed by atoms with E-state index in [2.05, 4.69) is 168 Å². The van der Waals surface area contributed by atoms with Gasteiger partial charge in [-0.15, -0.1) is 0 Å². The molecule has 0 atom stereocenters. The minimum absolute atomic E-state index is 0.561. The first-order valence-corrected chi connectivity index (χ1v) is 14.8. The Bertz CT molecular complexity index is 2280. The first-order chi connectivity index (χ1) is 21.3. The third-order valence-corrected chi connectivity index (χ3v) is 9.09. The molecule has 0 aliphatic carbocycles. The molecule has 2 heterocycles. The molecule has 0 spiro atoms. The lowest BCUT2D eigenvalue weighted by Gasteiger charge is -2.41. The molecule has 202 valence electrons. The normalized spacial score (nSPS) is 13.5. The van der Waals surface area contributed by atoms with Gasteiger partial charge in [0.25, 0.3) is 0 Å². The predicted molar refractivity (Wildman–Crippen MR) is 177 cm³/mol. The van der Waals surface area contributed by atoms with Gasteiger partial charge in [-0.1, -0.05) is 121 Å². The van der Waals surface area contributed by atoms with Crippen LogP contribution in [0.25, 0.3) is 38.3 Å². The van der Waals surface area contributed by atoms with Gasteiger partial charge in [0.05, 0.1) is 16.4 Å². The molecule has 0 amide bonds. The van der Waals surface area contributed by atoms with Crippen molar-refractivity contribution < 1.29 is 4.74 Å². The molecule has 0 unspecified atom stereocenters. The van der Waals surface area contributed by atoms with Crippen molar-refractivity contribution in [2.75, 3.05) is 0 Å². The first-order valence-electron chi connectivity index (χ1n) is 14.8. The molecule has 1 aromatic heterocycles. The summed E-state index contributed by atoms with van der Waals surface area (Å²) in [5.74, 6) is 1.76. The second kappa shape index (κ2) is 9.20. The molecule has 0 N–H and O–H groups in total. The summed E-state index contributed by atoms with van der Waals surface area (Å²) in [6.45, 7) is 0. The van der Waals surface area contributed by atoms with Crippen molar-refractivity contribution in [1.29, 1.82) is 0 Å². The van der Waals surface area contributed by atoms with Crippen LogP contribution in [0.1, 0.15) is 22.3 Å². The molecule has 1 aliphatic rings. The van der Waals surface area contributed by atoms with Crippen molar-refractivity contribution in [3.05, 3.63) is 186 Å². The molecule has 8 aromatic rings. The summed E-state index contributed by atoms with van der Waals surface area (Å²) in [5, 5.41) is 4.99. The van der Waals surface area contributed by atoms with Crippen molar-refractivity contribution in [3.8, 4) is 17.2 Å². The van der Waals surface area contributed by atoms with Crippen molar-refractivity contribution in [2.45, 2.75) is 5.41 Å². The standard InChI is InChI=1S/C41H27NO/c1-3-15-30(16-4-1)41(31-17-5-2-6-18-31)35-20-10-12-22-39(35)43-40-24-23-32(27-36(40)41)42-37-21-11-9-19-33(37)34-25-28-13-7-8-14-29(28)26-38(34)42/h1-27H. The molecule has 43 heavy (non-hydrogen) atoms. The third kappa shape index (κ3) is 3.41. The highest BCUT2D eigenvalue weighted by molar-refractivity contribution is 6.13. The SMILES string of the molecule is c1ccc(C2(c3ccccc3)c3ccccc3Oc3ccc(-n4c5ccccc5c5cc6ccccc6cc54)cc32)cc1. The third-order valence-electron chi connectivity index (χ3n) is 9.09. The van der Waals surface area contributed by atoms with Gasteiger partial charge < -0.3 is 9.30 Å². The molecule has 7 aromatic carbocycles. The monoisotopic (exact) mass is 549 g/mol. The van der Waals surface area contributed by atoms with Gasteiger partial charge in [-0.3, -0.25) is 0 Å². The summed E-state index contributed by atoms with van der Waals surface area (Å²) < 4.78 is 9.09. The average Bonchev–Trinajstić information content (AvgIpc) is 3.40. The van der Waals surface area contributed by atoms with E-state index in [1.54, 1.807) is 0 Å². The van der Waals surface area contributed by atoms with E-state index in [9.17, 15) is 0 Å². The van der Waals surface area contributed by atoms with Gasteiger partial charge in [0, 0.05) is 27.6 Å². The first kappa shape index (κ1) is 24.0. The highest BCUT2D eigenvalue weighted by atomic mass is 16.5. The molecule has 9 rings (SSSR count). The summed E-state index contributed by atoms with van der Waals surface area (Å²) in [6, 6.07) is 58.9. The Balaban J connectivity index is 1.41. The van der Waals surface area contributed by atoms with Gasteiger partial charge in [-0.2, -0.15) is 0 Å². The van der Waals surface area contributed by atoms with E-state index in [0.29, 0.717) is 0 Å². The van der Waals surface area contributed by atoms with E-state index in [-0.39, 0.29) is 0 Å². The number of benzene rings is 7. The maximum absolute atomic E-state index is 6.67. The van der Waals surface area contributed by atoms with Gasteiger partial charge in [-0.05, 0) is 64.4 Å². The van der Waals surface area contributed by atoms with Crippen molar-refractivity contribution in [3.63, 3.8) is 0 Å². The summed E-state index contributed by atoms with van der Waals surface area (Å²) in [5.41, 5.74) is 7.63. The van der Waals surface area contributed by atoms with Gasteiger partial charge in [0.1, 0.15) is 11.5 Å². The second-order valence-electron chi connectivity index (χ2n) is 11.3. The minimum atomic E-state index is -0.561. The number of aromatic nitrogens is 1. The van der Waals surface area contributed by atoms with Crippen LogP contribution in [0.2, 0.25) is 0 Å². The number of ether oxygens (including phenoxy) is 1. The summed E-state index contributed by atoms with van der Waals surface area (Å²) in [6.07, 6.45) is 0. The van der Waals surface area contributed by atoms with Crippen molar-refractivity contribution >= 4 is 32.6 Å². The number of hydrogen-bond acceptors (Lipinski definition) is 1. The van der Waals surface area contributed by atoms with Gasteiger partial charge >= 0.3 is 0 Å². The van der Waals surface area contributed by atoms with Crippen LogP contribution >= 0.6 is 0 Å². The largest absolute Gasteiger partial charge is 0.457 e. The Hall–Kier alpha value is -5.60. The predicted octanol–water partition coefficient (Wildman–Crippen LogP) is 10.4. The zero-order valence-corrected chi connectivity index (χ0v) is 23.4. The second-order valence-corrected chi connectivity index (χ2v) is 11.3. The Morgan fingerprint density at radius 3 is 1.79 bits per heavy atom. The fourth-order valence-corrected chi connectivity index (χ4v) is 7.27. The van der Waals surface area contributed by atoms with E-state index in [4.69, 9.17) is 4.74 Å². The van der Waals surface area contributed by atoms with E-state index in [0.717, 1.165) is 28.3 Å². The van der Waals surface area contributed by atoms with Crippen LogP contribution in [0.5, 0.6) is 11.5 Å². The van der Waals surface area contributed by atoms with Crippen LogP contribution in [0.4, 0.5) is 0 Å². The smallest absolute Gasteiger partial charge is 0.132 e. The number of hydrogen-bond donors (Lipinski definition) is 0. The lowest BCUT2D eigenvalue weighted by molar-refractivity contribution is 0.434. The number of rotatable bonds is 3. The average molecular weight is 550 g/mol. The topological polar surface area (TPSA) is 14.2 Å². The van der Waals surface area contributed by atoms with Gasteiger partial charge in [-0.25, -0.2) is 0 Å². The van der Waals surface area contributed by atoms with Crippen LogP contribution < -0.4 is 4.74 Å². The molecular formula is C41H27NO. The molecule has 0 saturated carbocycles. The molecule has 0 saturated heterocycles. The maximum Gasteiger partial charge on any atom is 0.132 e. The Kier molecular flexibility index (Phi) is 5.15. The summed E-state index contributed by atoms with van der Waals surface area (Å²) in [7, 11) is 0. The quantitative estimate of drug-likeness (QED) is 0.214. The zero-order chi connectivity index (χ0) is 28.4. The van der Waals surface area contributed by atoms with Gasteiger partial charge in [0.15, 0.2) is 0 Å². The lowest BCUT2D eigenvalue weighted by atomic mass is 9.63. The van der Waals surface area contributed by atoms with E-state index in [1.165, 1.54) is 43.7 Å². The molecule has 2 heteroatoms. The zero-order valence-electron chi connectivity index (χ0n) is 23.4. The Morgan fingerprint density at radius 1 is 0.419 bits per heavy atom. The van der Waals surface area contributed by atoms with Crippen LogP contribution in [0, 0.1) is 0 Å². The molecular weight excluding hydrogens is 522 g/mol. The molecule has 2 nitrogen and oxygen atoms in total. The van der Waals surface area contributed by atoms with Crippen molar-refractivity contribution in [1.82, 2.24) is 4.57 Å². The Labute approximate surface area is 250 Å². The fourth-order valence-electron chi connectivity index (χ4n) is 7.27. The fraction of sp³-hybridized carbons (Fsp3) is 0.0244. The molecule has 0 bridgehead atoms. The van der Waals surface area contributed by atoms with Crippen molar-refractivity contribution in [2.24, 2.45) is 0 Å². The van der Waals surface area contributed by atoms with Gasteiger partial charge in [0.2, 0.25) is 0 Å². The number of nitrogens with zero attached hydrogens (tertiary/aromatic N) is 1. The molecule has 1 aliphatic heterocycles. The highest BCUT2D eigenvalue weighted by Crippen LogP contribution is 2.55. The van der Waals surface area contributed by atoms with E-state index >= 15 is 0 Å². The van der Waals surface area contributed by atoms with Crippen LogP contribution in [-0.2, 0) is 5.41 Å². The molecule has 0 radical (unpaired) electrons. The lowest BCUT2D eigenvalue weighted by Crippen LogP contribution is -2.34. The van der Waals surface area contributed by atoms with Crippen LogP contribution in [0.3, 0.4) is 0 Å². The van der Waals surface area contributed by atoms with Crippen LogP contribution in [-0.4, -0.2) is 4.57 Å². The number of para-hydroxylation sites is 2. The minimum Gasteiger partial charge on any atom is -0.457 e. The summed E-state index contributed by atoms with van der Waals surface area (Å²) >= 11 is 0. The van der Waals surface area contributed by atoms with Crippen LogP contribution in [0.15, 0.2) is 164 Å². The Morgan fingerprint density at radius 2 is 1.02 bits per heavy atom. The summed E-state index contributed by atoms with van der Waals surface area (Å²) in [4.78, 5) is 0.